The summed E-state index contributed by atoms with van der Waals surface area (Å²) in [5.41, 5.74) is 0. The van der Waals surface area contributed by atoms with Gasteiger partial charge in [0.2, 0.25) is 0 Å². The first-order valence-electron chi connectivity index (χ1n) is 6.86. The molecule has 0 aromatic heterocycles. The quantitative estimate of drug-likeness (QED) is 0.748. The summed E-state index contributed by atoms with van der Waals surface area (Å²) in [7, 11) is 0. The molecular formula is C13H25NO2. The molecule has 0 bridgehead atoms. The number of hydrogen-bond acceptors (Lipinski definition) is 3. The van der Waals surface area contributed by atoms with Gasteiger partial charge in [-0.15, -0.1) is 0 Å². The number of aliphatic hydroxyl groups excluding tert-OH is 2. The van der Waals surface area contributed by atoms with Crippen molar-refractivity contribution in [3.63, 3.8) is 0 Å². The van der Waals surface area contributed by atoms with E-state index in [4.69, 9.17) is 5.11 Å². The molecule has 0 unspecified atom stereocenters. The van der Waals surface area contributed by atoms with E-state index < -0.39 is 0 Å². The smallest absolute Gasteiger partial charge is 0.0541 e. The Hall–Kier alpha value is -0.120. The van der Waals surface area contributed by atoms with E-state index in [9.17, 15) is 5.11 Å². The SMILES string of the molecule is OCCCN(C1CCC1)C1CCC(O)CC1. The monoisotopic (exact) mass is 227 g/mol. The van der Waals surface area contributed by atoms with E-state index in [-0.39, 0.29) is 6.10 Å². The molecule has 0 aliphatic heterocycles. The van der Waals surface area contributed by atoms with Gasteiger partial charge >= 0.3 is 0 Å². The van der Waals surface area contributed by atoms with Crippen molar-refractivity contribution in [2.45, 2.75) is 69.6 Å². The van der Waals surface area contributed by atoms with Crippen LogP contribution in [0.15, 0.2) is 0 Å². The Labute approximate surface area is 98.5 Å². The maximum Gasteiger partial charge on any atom is 0.0541 e. The molecule has 2 saturated carbocycles. The van der Waals surface area contributed by atoms with E-state index in [1.165, 1.54) is 19.3 Å². The summed E-state index contributed by atoms with van der Waals surface area (Å²) < 4.78 is 0. The molecule has 0 radical (unpaired) electrons. The molecular weight excluding hydrogens is 202 g/mol. The molecule has 94 valence electrons. The topological polar surface area (TPSA) is 43.7 Å². The van der Waals surface area contributed by atoms with Crippen molar-refractivity contribution in [3.8, 4) is 0 Å². The maximum atomic E-state index is 9.54. The molecule has 0 saturated heterocycles. The molecule has 0 aromatic carbocycles. The molecule has 16 heavy (non-hydrogen) atoms. The largest absolute Gasteiger partial charge is 0.396 e. The highest BCUT2D eigenvalue weighted by Gasteiger charge is 2.32. The van der Waals surface area contributed by atoms with E-state index >= 15 is 0 Å². The molecule has 0 aromatic rings. The maximum absolute atomic E-state index is 9.54. The van der Waals surface area contributed by atoms with Gasteiger partial charge in [-0.2, -0.15) is 0 Å². The van der Waals surface area contributed by atoms with Gasteiger partial charge in [0, 0.05) is 25.2 Å². The second-order valence-electron chi connectivity index (χ2n) is 5.36. The second-order valence-corrected chi connectivity index (χ2v) is 5.36. The Bertz CT molecular complexity index is 198. The van der Waals surface area contributed by atoms with Crippen LogP contribution >= 0.6 is 0 Å². The van der Waals surface area contributed by atoms with Gasteiger partial charge in [0.15, 0.2) is 0 Å². The van der Waals surface area contributed by atoms with Crippen LogP contribution in [-0.2, 0) is 0 Å². The lowest BCUT2D eigenvalue weighted by Gasteiger charge is -2.44. The highest BCUT2D eigenvalue weighted by molar-refractivity contribution is 4.87. The fraction of sp³-hybridized carbons (Fsp3) is 1.00. The Morgan fingerprint density at radius 2 is 1.56 bits per heavy atom. The van der Waals surface area contributed by atoms with Crippen LogP contribution in [-0.4, -0.2) is 46.5 Å². The summed E-state index contributed by atoms with van der Waals surface area (Å²) >= 11 is 0. The molecule has 0 heterocycles. The summed E-state index contributed by atoms with van der Waals surface area (Å²) in [6.07, 6.45) is 9.10. The predicted octanol–water partition coefficient (Wildman–Crippen LogP) is 1.53. The van der Waals surface area contributed by atoms with Crippen molar-refractivity contribution in [1.29, 1.82) is 0 Å². The van der Waals surface area contributed by atoms with E-state index in [1.807, 2.05) is 0 Å². The van der Waals surface area contributed by atoms with E-state index in [0.29, 0.717) is 12.6 Å². The van der Waals surface area contributed by atoms with E-state index in [0.717, 1.165) is 44.7 Å². The summed E-state index contributed by atoms with van der Waals surface area (Å²) in [4.78, 5) is 2.62. The molecule has 0 amide bonds. The number of hydrogen-bond donors (Lipinski definition) is 2. The van der Waals surface area contributed by atoms with Crippen molar-refractivity contribution in [2.24, 2.45) is 0 Å². The lowest BCUT2D eigenvalue weighted by Crippen LogP contribution is -2.48. The molecule has 0 atom stereocenters. The lowest BCUT2D eigenvalue weighted by atomic mass is 9.85. The highest BCUT2D eigenvalue weighted by atomic mass is 16.3. The molecule has 3 heteroatoms. The fourth-order valence-electron chi connectivity index (χ4n) is 3.02. The Balaban J connectivity index is 1.84. The first-order valence-corrected chi connectivity index (χ1v) is 6.86. The summed E-state index contributed by atoms with van der Waals surface area (Å²) in [6, 6.07) is 1.44. The van der Waals surface area contributed by atoms with Crippen LogP contribution in [0.2, 0.25) is 0 Å². The van der Waals surface area contributed by atoms with E-state index in [2.05, 4.69) is 4.90 Å². The molecule has 2 rings (SSSR count). The van der Waals surface area contributed by atoms with Gasteiger partial charge in [-0.1, -0.05) is 6.42 Å². The van der Waals surface area contributed by atoms with Crippen LogP contribution in [0.5, 0.6) is 0 Å². The minimum absolute atomic E-state index is 0.0580. The van der Waals surface area contributed by atoms with E-state index in [1.54, 1.807) is 0 Å². The second kappa shape index (κ2) is 5.99. The summed E-state index contributed by atoms with van der Waals surface area (Å²) in [6.45, 7) is 1.35. The van der Waals surface area contributed by atoms with Crippen LogP contribution in [0.25, 0.3) is 0 Å². The summed E-state index contributed by atoms with van der Waals surface area (Å²) in [5.74, 6) is 0. The van der Waals surface area contributed by atoms with Crippen LogP contribution < -0.4 is 0 Å². The Morgan fingerprint density at radius 1 is 0.938 bits per heavy atom. The average molecular weight is 227 g/mol. The summed E-state index contributed by atoms with van der Waals surface area (Å²) in [5, 5.41) is 18.5. The first kappa shape index (κ1) is 12.3. The minimum atomic E-state index is -0.0580. The predicted molar refractivity (Wildman–Crippen MR) is 64.3 cm³/mol. The van der Waals surface area contributed by atoms with Gasteiger partial charge in [-0.05, 0) is 44.9 Å². The zero-order valence-electron chi connectivity index (χ0n) is 10.1. The van der Waals surface area contributed by atoms with Gasteiger partial charge in [0.25, 0.3) is 0 Å². The average Bonchev–Trinajstić information content (AvgIpc) is 2.23. The zero-order valence-corrected chi connectivity index (χ0v) is 10.1. The van der Waals surface area contributed by atoms with Gasteiger partial charge in [-0.3, -0.25) is 4.90 Å². The van der Waals surface area contributed by atoms with Crippen molar-refractivity contribution in [3.05, 3.63) is 0 Å². The highest BCUT2D eigenvalue weighted by Crippen LogP contribution is 2.31. The van der Waals surface area contributed by atoms with Crippen molar-refractivity contribution in [2.75, 3.05) is 13.2 Å². The van der Waals surface area contributed by atoms with Crippen LogP contribution in [0, 0.1) is 0 Å². The van der Waals surface area contributed by atoms with Crippen LogP contribution in [0.1, 0.15) is 51.4 Å². The third-order valence-corrected chi connectivity index (χ3v) is 4.25. The van der Waals surface area contributed by atoms with Gasteiger partial charge in [0.1, 0.15) is 0 Å². The molecule has 3 nitrogen and oxygen atoms in total. The van der Waals surface area contributed by atoms with Gasteiger partial charge in [0.05, 0.1) is 6.10 Å². The standard InChI is InChI=1S/C13H25NO2/c15-10-2-9-14(11-3-1-4-11)12-5-7-13(16)8-6-12/h11-13,15-16H,1-10H2. The van der Waals surface area contributed by atoms with Crippen molar-refractivity contribution in [1.82, 2.24) is 4.90 Å². The first-order chi connectivity index (χ1) is 7.81. The van der Waals surface area contributed by atoms with Crippen molar-refractivity contribution >= 4 is 0 Å². The molecule has 2 aliphatic carbocycles. The van der Waals surface area contributed by atoms with Gasteiger partial charge in [-0.25, -0.2) is 0 Å². The minimum Gasteiger partial charge on any atom is -0.396 e. The molecule has 0 spiro atoms. The Morgan fingerprint density at radius 3 is 2.06 bits per heavy atom. The van der Waals surface area contributed by atoms with Crippen LogP contribution in [0.3, 0.4) is 0 Å². The fourth-order valence-corrected chi connectivity index (χ4v) is 3.02. The lowest BCUT2D eigenvalue weighted by molar-refractivity contribution is 0.0246. The number of aliphatic hydroxyl groups is 2. The van der Waals surface area contributed by atoms with Crippen molar-refractivity contribution < 1.29 is 10.2 Å². The number of rotatable bonds is 5. The normalized spacial score (nSPS) is 31.7. The molecule has 2 N–H and O–H groups in total. The molecule has 2 fully saturated rings. The third-order valence-electron chi connectivity index (χ3n) is 4.25. The van der Waals surface area contributed by atoms with Crippen LogP contribution in [0.4, 0.5) is 0 Å². The zero-order chi connectivity index (χ0) is 11.4. The van der Waals surface area contributed by atoms with Gasteiger partial charge < -0.3 is 10.2 Å². The molecule has 2 aliphatic rings. The third kappa shape index (κ3) is 2.96. The number of nitrogens with zero attached hydrogens (tertiary/aromatic N) is 1. The Kier molecular flexibility index (Phi) is 4.62.